The summed E-state index contributed by atoms with van der Waals surface area (Å²) in [6, 6.07) is 0. The van der Waals surface area contributed by atoms with Gasteiger partial charge < -0.3 is 19.9 Å². The number of hydrogen-bond acceptors (Lipinski definition) is 5. The molecule has 0 radical (unpaired) electrons. The lowest BCUT2D eigenvalue weighted by molar-refractivity contribution is 0.0969. The number of nitrogens with zero attached hydrogens (tertiary/aromatic N) is 2. The first kappa shape index (κ1) is 13.8. The second kappa shape index (κ2) is 6.54. The van der Waals surface area contributed by atoms with E-state index in [1.54, 1.807) is 4.90 Å². The van der Waals surface area contributed by atoms with Crippen LogP contribution in [0.2, 0.25) is 0 Å². The molecule has 1 amide bonds. The van der Waals surface area contributed by atoms with E-state index in [-0.39, 0.29) is 6.09 Å². The van der Waals surface area contributed by atoms with Gasteiger partial charge in [-0.1, -0.05) is 12.2 Å². The van der Waals surface area contributed by atoms with Crippen LogP contribution in [0.3, 0.4) is 0 Å². The van der Waals surface area contributed by atoms with Crippen molar-refractivity contribution in [1.82, 2.24) is 15.1 Å². The molecule has 5 nitrogen and oxygen atoms in total. The Balaban J connectivity index is 1.41. The van der Waals surface area contributed by atoms with Crippen LogP contribution in [0.15, 0.2) is 24.0 Å². The lowest BCUT2D eigenvalue weighted by Gasteiger charge is -2.26. The predicted molar refractivity (Wildman–Crippen MR) is 80.3 cm³/mol. The smallest absolute Gasteiger partial charge is 0.409 e. The molecule has 3 aliphatic heterocycles. The number of amides is 1. The minimum atomic E-state index is -0.163. The maximum Gasteiger partial charge on any atom is 0.409 e. The van der Waals surface area contributed by atoms with Crippen LogP contribution in [-0.4, -0.2) is 59.8 Å². The molecule has 2 fully saturated rings. The highest BCUT2D eigenvalue weighted by Crippen LogP contribution is 2.36. The predicted octanol–water partition coefficient (Wildman–Crippen LogP) is 1.59. The fraction of sp³-hybridized carbons (Fsp3) is 0.643. The summed E-state index contributed by atoms with van der Waals surface area (Å²) >= 11 is 1.93. The molecule has 0 saturated carbocycles. The van der Waals surface area contributed by atoms with Crippen LogP contribution in [0.1, 0.15) is 12.8 Å². The van der Waals surface area contributed by atoms with Crippen LogP contribution in [0, 0.1) is 0 Å². The van der Waals surface area contributed by atoms with Gasteiger partial charge in [0.2, 0.25) is 0 Å². The second-order valence-electron chi connectivity index (χ2n) is 5.14. The Morgan fingerprint density at radius 2 is 2.30 bits per heavy atom. The number of carbonyl (C=O) groups is 1. The summed E-state index contributed by atoms with van der Waals surface area (Å²) in [6.07, 6.45) is 8.38. The largest absolute Gasteiger partial charge is 0.449 e. The molecule has 3 heterocycles. The molecular formula is C14H21N3O2S. The monoisotopic (exact) mass is 295 g/mol. The molecule has 6 heteroatoms. The Hall–Kier alpha value is -1.14. The van der Waals surface area contributed by atoms with Gasteiger partial charge in [-0.2, -0.15) is 0 Å². The number of rotatable bonds is 3. The van der Waals surface area contributed by atoms with Crippen molar-refractivity contribution in [2.75, 3.05) is 38.7 Å². The summed E-state index contributed by atoms with van der Waals surface area (Å²) in [5.74, 6) is 1.01. The molecule has 1 unspecified atom stereocenters. The quantitative estimate of drug-likeness (QED) is 0.857. The van der Waals surface area contributed by atoms with E-state index in [1.165, 1.54) is 5.70 Å². The van der Waals surface area contributed by atoms with E-state index >= 15 is 0 Å². The van der Waals surface area contributed by atoms with Crippen LogP contribution in [0.25, 0.3) is 0 Å². The molecule has 0 spiro atoms. The Labute approximate surface area is 124 Å². The normalized spacial score (nSPS) is 25.4. The minimum absolute atomic E-state index is 0.163. The topological polar surface area (TPSA) is 44.8 Å². The van der Waals surface area contributed by atoms with E-state index in [2.05, 4.69) is 28.6 Å². The summed E-state index contributed by atoms with van der Waals surface area (Å²) in [5, 5.41) is 3.70. The van der Waals surface area contributed by atoms with Crippen LogP contribution in [-0.2, 0) is 4.74 Å². The van der Waals surface area contributed by atoms with Gasteiger partial charge in [0.05, 0.1) is 12.5 Å². The molecule has 110 valence electrons. The van der Waals surface area contributed by atoms with E-state index in [0.29, 0.717) is 11.9 Å². The lowest BCUT2D eigenvalue weighted by atomic mass is 10.1. The first-order valence-electron chi connectivity index (χ1n) is 7.22. The molecule has 3 rings (SSSR count). The van der Waals surface area contributed by atoms with Crippen LogP contribution in [0.5, 0.6) is 0 Å². The first-order valence-corrected chi connectivity index (χ1v) is 8.27. The van der Waals surface area contributed by atoms with Crippen molar-refractivity contribution in [3.63, 3.8) is 0 Å². The van der Waals surface area contributed by atoms with Crippen molar-refractivity contribution >= 4 is 17.9 Å². The van der Waals surface area contributed by atoms with E-state index in [1.807, 2.05) is 11.8 Å². The second-order valence-corrected chi connectivity index (χ2v) is 6.30. The van der Waals surface area contributed by atoms with Gasteiger partial charge in [-0.15, -0.1) is 11.8 Å². The van der Waals surface area contributed by atoms with Crippen molar-refractivity contribution in [2.24, 2.45) is 0 Å². The van der Waals surface area contributed by atoms with E-state index in [4.69, 9.17) is 4.74 Å². The van der Waals surface area contributed by atoms with Crippen LogP contribution >= 0.6 is 11.8 Å². The third-order valence-corrected chi connectivity index (χ3v) is 5.11. The number of thioether (sulfide) groups is 1. The zero-order valence-corrected chi connectivity index (χ0v) is 12.4. The molecule has 2 saturated heterocycles. The number of piperazine rings is 1. The van der Waals surface area contributed by atoms with Crippen molar-refractivity contribution in [3.05, 3.63) is 24.0 Å². The molecule has 1 N–H and O–H groups in total. The Morgan fingerprint density at radius 3 is 3.15 bits per heavy atom. The highest BCUT2D eigenvalue weighted by Gasteiger charge is 2.28. The highest BCUT2D eigenvalue weighted by molar-refractivity contribution is 8.00. The fourth-order valence-corrected chi connectivity index (χ4v) is 3.93. The molecule has 3 aliphatic rings. The number of ether oxygens (including phenoxy) is 1. The number of fused-ring (bicyclic) bond motifs is 1. The zero-order chi connectivity index (χ0) is 13.8. The SMILES string of the molecule is O=C(OCCC1SCN2C=CCC=C12)N1CCNCC1. The third-order valence-electron chi connectivity index (χ3n) is 3.81. The molecule has 0 aliphatic carbocycles. The molecule has 0 aromatic rings. The summed E-state index contributed by atoms with van der Waals surface area (Å²) in [5.41, 5.74) is 1.38. The molecule has 20 heavy (non-hydrogen) atoms. The number of allylic oxidation sites excluding steroid dienone is 2. The van der Waals surface area contributed by atoms with Gasteiger partial charge in [-0.05, 0) is 12.8 Å². The van der Waals surface area contributed by atoms with E-state index in [0.717, 1.165) is 44.9 Å². The standard InChI is InChI=1S/C14H21N3O2S/c18-14(16-8-5-15-6-9-16)19-10-4-13-12-3-1-2-7-17(12)11-20-13/h2-3,7,13,15H,1,4-6,8-11H2. The average Bonchev–Trinajstić information content (AvgIpc) is 2.92. The van der Waals surface area contributed by atoms with E-state index < -0.39 is 0 Å². The Morgan fingerprint density at radius 1 is 1.45 bits per heavy atom. The highest BCUT2D eigenvalue weighted by atomic mass is 32.2. The van der Waals surface area contributed by atoms with Gasteiger partial charge in [0.25, 0.3) is 0 Å². The van der Waals surface area contributed by atoms with Gasteiger partial charge in [-0.25, -0.2) is 4.79 Å². The van der Waals surface area contributed by atoms with Crippen molar-refractivity contribution < 1.29 is 9.53 Å². The first-order chi connectivity index (χ1) is 9.84. The van der Waals surface area contributed by atoms with Gasteiger partial charge in [0, 0.05) is 43.3 Å². The lowest BCUT2D eigenvalue weighted by Crippen LogP contribution is -2.46. The zero-order valence-electron chi connectivity index (χ0n) is 11.6. The van der Waals surface area contributed by atoms with Gasteiger partial charge in [0.1, 0.15) is 0 Å². The van der Waals surface area contributed by atoms with Crippen LogP contribution in [0.4, 0.5) is 4.79 Å². The van der Waals surface area contributed by atoms with Crippen molar-refractivity contribution in [1.29, 1.82) is 0 Å². The van der Waals surface area contributed by atoms with Gasteiger partial charge in [-0.3, -0.25) is 0 Å². The summed E-state index contributed by atoms with van der Waals surface area (Å²) in [4.78, 5) is 16.0. The molecule has 0 aromatic carbocycles. The average molecular weight is 295 g/mol. The van der Waals surface area contributed by atoms with Crippen molar-refractivity contribution in [3.8, 4) is 0 Å². The number of carbonyl (C=O) groups excluding carboxylic acids is 1. The van der Waals surface area contributed by atoms with Crippen LogP contribution < -0.4 is 5.32 Å². The molecule has 0 aromatic heterocycles. The molecule has 0 bridgehead atoms. The van der Waals surface area contributed by atoms with E-state index in [9.17, 15) is 4.79 Å². The Kier molecular flexibility index (Phi) is 4.52. The molecule has 1 atom stereocenters. The summed E-state index contributed by atoms with van der Waals surface area (Å²) in [6.45, 7) is 3.74. The Bertz CT molecular complexity index is 419. The summed E-state index contributed by atoms with van der Waals surface area (Å²) < 4.78 is 5.41. The summed E-state index contributed by atoms with van der Waals surface area (Å²) in [7, 11) is 0. The van der Waals surface area contributed by atoms with Gasteiger partial charge >= 0.3 is 6.09 Å². The molecular weight excluding hydrogens is 274 g/mol. The fourth-order valence-electron chi connectivity index (χ4n) is 2.69. The maximum atomic E-state index is 11.9. The maximum absolute atomic E-state index is 11.9. The van der Waals surface area contributed by atoms with Gasteiger partial charge in [0.15, 0.2) is 0 Å². The minimum Gasteiger partial charge on any atom is -0.449 e. The third kappa shape index (κ3) is 3.12. The van der Waals surface area contributed by atoms with Crippen molar-refractivity contribution in [2.45, 2.75) is 18.1 Å². The number of hydrogen-bond donors (Lipinski definition) is 1. The number of nitrogens with one attached hydrogen (secondary N) is 1.